The lowest BCUT2D eigenvalue weighted by molar-refractivity contribution is 0.210. The van der Waals surface area contributed by atoms with Gasteiger partial charge in [-0.1, -0.05) is 38.1 Å². The van der Waals surface area contributed by atoms with Crippen LogP contribution in [-0.2, 0) is 11.8 Å². The van der Waals surface area contributed by atoms with Gasteiger partial charge in [0.25, 0.3) is 0 Å². The number of fused-ring (bicyclic) bond motifs is 3. The summed E-state index contributed by atoms with van der Waals surface area (Å²) in [6.07, 6.45) is 3.71. The molecule has 0 saturated heterocycles. The normalized spacial score (nSPS) is 25.2. The van der Waals surface area contributed by atoms with E-state index in [1.165, 1.54) is 41.0 Å². The van der Waals surface area contributed by atoms with Gasteiger partial charge in [-0.2, -0.15) is 3.89 Å². The third-order valence-corrected chi connectivity index (χ3v) is 6.43. The molecule has 1 unspecified atom stereocenters. The number of benzene rings is 2. The minimum atomic E-state index is 0.215. The van der Waals surface area contributed by atoms with E-state index in [-0.39, 0.29) is 5.41 Å². The number of aryl methyl sites for hydroxylation is 1. The van der Waals surface area contributed by atoms with E-state index in [1.54, 1.807) is 0 Å². The first-order valence-electron chi connectivity index (χ1n) is 8.40. The van der Waals surface area contributed by atoms with Crippen molar-refractivity contribution in [2.45, 2.75) is 43.4 Å². The molecule has 2 nitrogen and oxygen atoms in total. The van der Waals surface area contributed by atoms with Crippen LogP contribution in [0.15, 0.2) is 47.4 Å². The molecule has 0 aromatic heterocycles. The topological polar surface area (TPSA) is 9.23 Å². The first-order valence-corrected chi connectivity index (χ1v) is 9.17. The molecule has 0 spiro atoms. The zero-order chi connectivity index (χ0) is 16.1. The average molecular weight is 326 g/mol. The van der Waals surface area contributed by atoms with Crippen LogP contribution in [0, 0.1) is 0 Å². The lowest BCUT2D eigenvalue weighted by Gasteiger charge is -2.39. The Hall–Kier alpha value is -1.45. The molecule has 1 aliphatic heterocycles. The van der Waals surface area contributed by atoms with E-state index < -0.39 is 0 Å². The zero-order valence-corrected chi connectivity index (χ0v) is 15.0. The molecule has 0 fully saturated rings. The molecule has 0 amide bonds. The Morgan fingerprint density at radius 1 is 1.09 bits per heavy atom. The SMILES string of the molecule is CC1(C)CCCc2ccc3c(c21)OC[N+](C)(c1ccccc1)S3. The smallest absolute Gasteiger partial charge is 0.239 e. The summed E-state index contributed by atoms with van der Waals surface area (Å²) >= 11 is 1.90. The lowest BCUT2D eigenvalue weighted by atomic mass is 9.72. The Balaban J connectivity index is 1.78. The summed E-state index contributed by atoms with van der Waals surface area (Å²) in [4.78, 5) is 1.27. The molecule has 2 aliphatic rings. The van der Waals surface area contributed by atoms with E-state index in [9.17, 15) is 0 Å². The molecule has 0 saturated carbocycles. The molecular weight excluding hydrogens is 302 g/mol. The summed E-state index contributed by atoms with van der Waals surface area (Å²) in [6.45, 7) is 5.40. The standard InChI is InChI=1S/C20H24NOS/c1-20(2)13-7-8-15-11-12-17-19(18(15)20)22-14-21(3,23-17)16-9-5-4-6-10-16/h4-6,9-12H,7-8,13-14H2,1-3H3/q+1. The van der Waals surface area contributed by atoms with Crippen molar-refractivity contribution in [2.24, 2.45) is 0 Å². The summed E-state index contributed by atoms with van der Waals surface area (Å²) in [5.74, 6) is 1.14. The molecule has 2 aromatic rings. The van der Waals surface area contributed by atoms with Gasteiger partial charge in [-0.3, -0.25) is 0 Å². The highest BCUT2D eigenvalue weighted by Gasteiger charge is 2.40. The number of quaternary nitrogens is 1. The van der Waals surface area contributed by atoms with E-state index in [0.29, 0.717) is 6.73 Å². The van der Waals surface area contributed by atoms with Crippen molar-refractivity contribution in [1.82, 2.24) is 3.89 Å². The van der Waals surface area contributed by atoms with Crippen molar-refractivity contribution in [2.75, 3.05) is 13.8 Å². The summed E-state index contributed by atoms with van der Waals surface area (Å²) in [5.41, 5.74) is 4.43. The summed E-state index contributed by atoms with van der Waals surface area (Å²) in [5, 5.41) is 0. The fourth-order valence-electron chi connectivity index (χ4n) is 3.92. The predicted molar refractivity (Wildman–Crippen MR) is 97.9 cm³/mol. The van der Waals surface area contributed by atoms with Crippen LogP contribution >= 0.6 is 11.9 Å². The number of hydrogen-bond acceptors (Lipinski definition) is 2. The van der Waals surface area contributed by atoms with Crippen LogP contribution in [0.5, 0.6) is 5.75 Å². The van der Waals surface area contributed by atoms with Crippen LogP contribution in [0.4, 0.5) is 5.69 Å². The lowest BCUT2D eigenvalue weighted by Crippen LogP contribution is -2.44. The van der Waals surface area contributed by atoms with Crippen LogP contribution < -0.4 is 8.63 Å². The van der Waals surface area contributed by atoms with Crippen molar-refractivity contribution < 1.29 is 4.74 Å². The Bertz CT molecular complexity index is 741. The summed E-state index contributed by atoms with van der Waals surface area (Å²) in [7, 11) is 2.23. The molecule has 0 N–H and O–H groups in total. The Morgan fingerprint density at radius 3 is 2.65 bits per heavy atom. The minimum absolute atomic E-state index is 0.215. The van der Waals surface area contributed by atoms with Crippen molar-refractivity contribution in [1.29, 1.82) is 0 Å². The van der Waals surface area contributed by atoms with Gasteiger partial charge in [0.2, 0.25) is 6.73 Å². The first-order chi connectivity index (χ1) is 11.0. The highest BCUT2D eigenvalue weighted by Crippen LogP contribution is 2.51. The number of rotatable bonds is 1. The summed E-state index contributed by atoms with van der Waals surface area (Å²) < 4.78 is 7.11. The zero-order valence-electron chi connectivity index (χ0n) is 14.1. The first kappa shape index (κ1) is 15.1. The Morgan fingerprint density at radius 2 is 1.87 bits per heavy atom. The highest BCUT2D eigenvalue weighted by molar-refractivity contribution is 7.99. The molecule has 2 aromatic carbocycles. The fraction of sp³-hybridized carbons (Fsp3) is 0.400. The van der Waals surface area contributed by atoms with Gasteiger partial charge in [0.1, 0.15) is 28.3 Å². The van der Waals surface area contributed by atoms with E-state index in [2.05, 4.69) is 63.4 Å². The molecule has 1 aliphatic carbocycles. The van der Waals surface area contributed by atoms with Gasteiger partial charge in [0, 0.05) is 17.7 Å². The molecule has 1 heterocycles. The van der Waals surface area contributed by atoms with Gasteiger partial charge in [-0.25, -0.2) is 0 Å². The Kier molecular flexibility index (Phi) is 3.47. The molecule has 0 bridgehead atoms. The second-order valence-electron chi connectivity index (χ2n) is 7.47. The monoisotopic (exact) mass is 326 g/mol. The van der Waals surface area contributed by atoms with Gasteiger partial charge in [-0.05, 0) is 36.3 Å². The number of ether oxygens (including phenoxy) is 1. The molecule has 3 heteroatoms. The van der Waals surface area contributed by atoms with Crippen LogP contribution in [0.25, 0.3) is 0 Å². The number of para-hydroxylation sites is 1. The van der Waals surface area contributed by atoms with Crippen LogP contribution in [0.1, 0.15) is 37.8 Å². The maximum atomic E-state index is 6.38. The maximum absolute atomic E-state index is 6.38. The van der Waals surface area contributed by atoms with E-state index in [1.807, 2.05) is 11.9 Å². The number of nitrogens with zero attached hydrogens (tertiary/aromatic N) is 1. The minimum Gasteiger partial charge on any atom is -0.442 e. The van der Waals surface area contributed by atoms with Crippen LogP contribution in [-0.4, -0.2) is 13.8 Å². The molecule has 120 valence electrons. The van der Waals surface area contributed by atoms with Gasteiger partial charge in [0.15, 0.2) is 0 Å². The van der Waals surface area contributed by atoms with E-state index in [4.69, 9.17) is 4.74 Å². The van der Waals surface area contributed by atoms with Crippen LogP contribution in [0.2, 0.25) is 0 Å². The van der Waals surface area contributed by atoms with Gasteiger partial charge in [-0.15, -0.1) is 0 Å². The largest absolute Gasteiger partial charge is 0.442 e. The van der Waals surface area contributed by atoms with Gasteiger partial charge >= 0.3 is 0 Å². The third-order valence-electron chi connectivity index (χ3n) is 5.19. The van der Waals surface area contributed by atoms with E-state index in [0.717, 1.165) is 9.64 Å². The molecule has 4 rings (SSSR count). The van der Waals surface area contributed by atoms with Crippen molar-refractivity contribution in [3.8, 4) is 5.75 Å². The Labute approximate surface area is 143 Å². The van der Waals surface area contributed by atoms with Crippen LogP contribution in [0.3, 0.4) is 0 Å². The van der Waals surface area contributed by atoms with Gasteiger partial charge < -0.3 is 4.74 Å². The predicted octanol–water partition coefficient (Wildman–Crippen LogP) is 5.29. The second-order valence-corrected chi connectivity index (χ2v) is 8.89. The second kappa shape index (κ2) is 5.29. The third kappa shape index (κ3) is 2.47. The molecular formula is C20H24NOS+. The quantitative estimate of drug-likeness (QED) is 0.520. The van der Waals surface area contributed by atoms with Gasteiger partial charge in [0.05, 0.1) is 7.05 Å². The molecule has 23 heavy (non-hydrogen) atoms. The van der Waals surface area contributed by atoms with Crippen molar-refractivity contribution >= 4 is 17.6 Å². The number of hydrogen-bond donors (Lipinski definition) is 0. The molecule has 0 radical (unpaired) electrons. The van der Waals surface area contributed by atoms with Crippen molar-refractivity contribution in [3.05, 3.63) is 53.6 Å². The average Bonchev–Trinajstić information content (AvgIpc) is 2.55. The van der Waals surface area contributed by atoms with E-state index >= 15 is 0 Å². The fourth-order valence-corrected chi connectivity index (χ4v) is 5.06. The maximum Gasteiger partial charge on any atom is 0.239 e. The van der Waals surface area contributed by atoms with Crippen molar-refractivity contribution in [3.63, 3.8) is 0 Å². The molecule has 1 atom stereocenters. The summed E-state index contributed by atoms with van der Waals surface area (Å²) in [6, 6.07) is 15.2. The highest BCUT2D eigenvalue weighted by atomic mass is 32.2.